The van der Waals surface area contributed by atoms with Crippen molar-refractivity contribution in [1.29, 1.82) is 0 Å². The zero-order chi connectivity index (χ0) is 13.9. The van der Waals surface area contributed by atoms with Crippen LogP contribution in [0.25, 0.3) is 0 Å². The van der Waals surface area contributed by atoms with Crippen molar-refractivity contribution in [1.82, 2.24) is 10.3 Å². The molecular formula is C12H15N3O2S2. The van der Waals surface area contributed by atoms with E-state index in [0.29, 0.717) is 11.7 Å². The third kappa shape index (κ3) is 3.31. The number of thiazole rings is 1. The molecule has 0 unspecified atom stereocenters. The maximum Gasteiger partial charge on any atom is 0.263 e. The molecule has 0 aliphatic rings. The van der Waals surface area contributed by atoms with Crippen molar-refractivity contribution in [2.75, 3.05) is 11.8 Å². The molecule has 2 aromatic rings. The van der Waals surface area contributed by atoms with Gasteiger partial charge in [-0.2, -0.15) is 0 Å². The monoisotopic (exact) mass is 297 g/mol. The average Bonchev–Trinajstić information content (AvgIpc) is 2.84. The maximum absolute atomic E-state index is 12.2. The Morgan fingerprint density at radius 3 is 2.79 bits per heavy atom. The number of hydrogen-bond acceptors (Lipinski definition) is 5. The van der Waals surface area contributed by atoms with Gasteiger partial charge in [-0.25, -0.2) is 13.4 Å². The van der Waals surface area contributed by atoms with Gasteiger partial charge in [0.15, 0.2) is 5.13 Å². The van der Waals surface area contributed by atoms with Gasteiger partial charge in [0.2, 0.25) is 0 Å². The van der Waals surface area contributed by atoms with Crippen LogP contribution < -0.4 is 10.0 Å². The van der Waals surface area contributed by atoms with Crippen molar-refractivity contribution >= 4 is 26.5 Å². The lowest BCUT2D eigenvalue weighted by Gasteiger charge is -2.09. The fourth-order valence-corrected chi connectivity index (χ4v) is 3.48. The number of benzene rings is 1. The fourth-order valence-electron chi connectivity index (χ4n) is 1.64. The molecule has 0 aliphatic carbocycles. The number of aryl methyl sites for hydroxylation is 1. The van der Waals surface area contributed by atoms with E-state index in [1.54, 1.807) is 23.7 Å². The van der Waals surface area contributed by atoms with Crippen LogP contribution in [0.3, 0.4) is 0 Å². The topological polar surface area (TPSA) is 71.1 Å². The minimum atomic E-state index is -3.57. The van der Waals surface area contributed by atoms with Crippen LogP contribution in [-0.2, 0) is 16.6 Å². The zero-order valence-electron chi connectivity index (χ0n) is 10.7. The summed E-state index contributed by atoms with van der Waals surface area (Å²) >= 11 is 1.25. The van der Waals surface area contributed by atoms with Crippen molar-refractivity contribution in [2.24, 2.45) is 0 Å². The summed E-state index contributed by atoms with van der Waals surface area (Å²) in [6.07, 6.45) is 1.56. The maximum atomic E-state index is 12.2. The molecule has 1 heterocycles. The van der Waals surface area contributed by atoms with Crippen molar-refractivity contribution in [3.8, 4) is 0 Å². The first-order valence-electron chi connectivity index (χ1n) is 5.69. The first-order chi connectivity index (χ1) is 9.03. The predicted octanol–water partition coefficient (Wildman–Crippen LogP) is 1.97. The van der Waals surface area contributed by atoms with Crippen LogP contribution >= 0.6 is 11.3 Å². The summed E-state index contributed by atoms with van der Waals surface area (Å²) in [5.41, 5.74) is 2.02. The molecule has 0 fully saturated rings. The van der Waals surface area contributed by atoms with Gasteiger partial charge in [0.05, 0.1) is 4.90 Å². The van der Waals surface area contributed by atoms with E-state index in [1.165, 1.54) is 11.3 Å². The Morgan fingerprint density at radius 2 is 2.16 bits per heavy atom. The number of anilines is 1. The van der Waals surface area contributed by atoms with Gasteiger partial charge in [-0.3, -0.25) is 4.72 Å². The molecular weight excluding hydrogens is 282 g/mol. The quantitative estimate of drug-likeness (QED) is 0.885. The van der Waals surface area contributed by atoms with Gasteiger partial charge in [-0.1, -0.05) is 6.07 Å². The first-order valence-corrected chi connectivity index (χ1v) is 8.05. The van der Waals surface area contributed by atoms with Crippen molar-refractivity contribution in [3.05, 3.63) is 40.9 Å². The van der Waals surface area contributed by atoms with Gasteiger partial charge in [0, 0.05) is 18.1 Å². The molecule has 0 amide bonds. The van der Waals surface area contributed by atoms with Crippen LogP contribution in [0.5, 0.6) is 0 Å². The van der Waals surface area contributed by atoms with Gasteiger partial charge in [0.1, 0.15) is 0 Å². The van der Waals surface area contributed by atoms with Gasteiger partial charge in [0.25, 0.3) is 10.0 Å². The number of sulfonamides is 1. The molecule has 1 aromatic carbocycles. The second-order valence-corrected chi connectivity index (χ2v) is 6.64. The summed E-state index contributed by atoms with van der Waals surface area (Å²) in [4.78, 5) is 4.17. The number of hydrogen-bond donors (Lipinski definition) is 2. The highest BCUT2D eigenvalue weighted by Crippen LogP contribution is 2.20. The molecule has 7 heteroatoms. The van der Waals surface area contributed by atoms with Crippen LogP contribution in [-0.4, -0.2) is 20.4 Å². The van der Waals surface area contributed by atoms with Gasteiger partial charge < -0.3 is 5.32 Å². The van der Waals surface area contributed by atoms with Crippen LogP contribution in [0.1, 0.15) is 11.1 Å². The molecule has 5 nitrogen and oxygen atoms in total. The smallest absolute Gasteiger partial charge is 0.263 e. The minimum absolute atomic E-state index is 0.249. The molecule has 19 heavy (non-hydrogen) atoms. The van der Waals surface area contributed by atoms with E-state index in [-0.39, 0.29) is 4.90 Å². The number of nitrogens with one attached hydrogen (secondary N) is 2. The van der Waals surface area contributed by atoms with Crippen LogP contribution in [0.2, 0.25) is 0 Å². The van der Waals surface area contributed by atoms with Crippen LogP contribution in [0, 0.1) is 6.92 Å². The van der Waals surface area contributed by atoms with E-state index < -0.39 is 10.0 Å². The lowest BCUT2D eigenvalue weighted by Crippen LogP contribution is -2.14. The van der Waals surface area contributed by atoms with E-state index in [2.05, 4.69) is 15.0 Å². The summed E-state index contributed by atoms with van der Waals surface area (Å²) in [6, 6.07) is 5.09. The highest BCUT2D eigenvalue weighted by atomic mass is 32.2. The largest absolute Gasteiger partial charge is 0.316 e. The molecule has 0 aliphatic heterocycles. The lowest BCUT2D eigenvalue weighted by molar-refractivity contribution is 0.601. The molecule has 102 valence electrons. The first kappa shape index (κ1) is 14.0. The third-order valence-corrected chi connectivity index (χ3v) is 4.81. The van der Waals surface area contributed by atoms with Crippen molar-refractivity contribution < 1.29 is 8.42 Å². The fraction of sp³-hybridized carbons (Fsp3) is 0.250. The summed E-state index contributed by atoms with van der Waals surface area (Å²) in [7, 11) is -1.74. The average molecular weight is 297 g/mol. The van der Waals surface area contributed by atoms with E-state index in [1.807, 2.05) is 20.0 Å². The Labute approximate surface area is 116 Å². The standard InChI is InChI=1S/C12H15N3O2S2/c1-9-3-4-11(7-10(9)8-13-2)19(16,17)15-12-14-5-6-18-12/h3-7,13H,8H2,1-2H3,(H,14,15). The van der Waals surface area contributed by atoms with Crippen LogP contribution in [0.4, 0.5) is 5.13 Å². The van der Waals surface area contributed by atoms with Gasteiger partial charge in [-0.05, 0) is 37.2 Å². The highest BCUT2D eigenvalue weighted by Gasteiger charge is 2.16. The lowest BCUT2D eigenvalue weighted by atomic mass is 10.1. The molecule has 1 aromatic heterocycles. The molecule has 2 N–H and O–H groups in total. The number of rotatable bonds is 5. The molecule has 0 bridgehead atoms. The third-order valence-electron chi connectivity index (χ3n) is 2.65. The zero-order valence-corrected chi connectivity index (χ0v) is 12.3. The highest BCUT2D eigenvalue weighted by molar-refractivity contribution is 7.93. The Morgan fingerprint density at radius 1 is 1.37 bits per heavy atom. The normalized spacial score (nSPS) is 11.5. The predicted molar refractivity (Wildman–Crippen MR) is 76.9 cm³/mol. The summed E-state index contributed by atoms with van der Waals surface area (Å²) < 4.78 is 26.9. The Hall–Kier alpha value is -1.44. The Bertz CT molecular complexity index is 652. The molecule has 0 radical (unpaired) electrons. The van der Waals surface area contributed by atoms with Crippen molar-refractivity contribution in [2.45, 2.75) is 18.4 Å². The van der Waals surface area contributed by atoms with E-state index in [0.717, 1.165) is 11.1 Å². The Kier molecular flexibility index (Phi) is 4.18. The summed E-state index contributed by atoms with van der Waals surface area (Å²) in [6.45, 7) is 2.59. The van der Waals surface area contributed by atoms with E-state index in [4.69, 9.17) is 0 Å². The van der Waals surface area contributed by atoms with Gasteiger partial charge >= 0.3 is 0 Å². The van der Waals surface area contributed by atoms with Gasteiger partial charge in [-0.15, -0.1) is 11.3 Å². The molecule has 0 atom stereocenters. The van der Waals surface area contributed by atoms with Crippen LogP contribution in [0.15, 0.2) is 34.7 Å². The van der Waals surface area contributed by atoms with E-state index >= 15 is 0 Å². The Balaban J connectivity index is 2.32. The second-order valence-electron chi connectivity index (χ2n) is 4.06. The molecule has 2 rings (SSSR count). The number of nitrogens with zero attached hydrogens (tertiary/aromatic N) is 1. The summed E-state index contributed by atoms with van der Waals surface area (Å²) in [5, 5.41) is 5.12. The minimum Gasteiger partial charge on any atom is -0.316 e. The van der Waals surface area contributed by atoms with E-state index in [9.17, 15) is 8.42 Å². The van der Waals surface area contributed by atoms with Crippen molar-refractivity contribution in [3.63, 3.8) is 0 Å². The molecule has 0 saturated heterocycles. The number of aromatic nitrogens is 1. The summed E-state index contributed by atoms with van der Waals surface area (Å²) in [5.74, 6) is 0. The molecule has 0 spiro atoms. The second kappa shape index (κ2) is 5.68. The molecule has 0 saturated carbocycles. The SMILES string of the molecule is CNCc1cc(S(=O)(=O)Nc2nccs2)ccc1C.